The smallest absolute Gasteiger partial charge is 0.295 e. The summed E-state index contributed by atoms with van der Waals surface area (Å²) in [5.41, 5.74) is 5.17. The van der Waals surface area contributed by atoms with Gasteiger partial charge in [0.05, 0.1) is 11.6 Å². The molecule has 1 aliphatic heterocycles. The second-order valence-electron chi connectivity index (χ2n) is 10.9. The van der Waals surface area contributed by atoms with Gasteiger partial charge in [0.25, 0.3) is 11.7 Å². The highest BCUT2D eigenvalue weighted by molar-refractivity contribution is 6.46. The first kappa shape index (κ1) is 29.4. The van der Waals surface area contributed by atoms with Gasteiger partial charge in [0.2, 0.25) is 0 Å². The molecule has 4 aromatic carbocycles. The van der Waals surface area contributed by atoms with Crippen molar-refractivity contribution in [3.05, 3.63) is 167 Å². The van der Waals surface area contributed by atoms with E-state index >= 15 is 0 Å². The number of rotatable bonds is 10. The molecule has 0 aliphatic carbocycles. The summed E-state index contributed by atoms with van der Waals surface area (Å²) in [6, 6.07) is 34.9. The Morgan fingerprint density at radius 3 is 2.02 bits per heavy atom. The Balaban J connectivity index is 1.28. The maximum atomic E-state index is 13.5. The van der Waals surface area contributed by atoms with Crippen molar-refractivity contribution in [3.63, 3.8) is 0 Å². The van der Waals surface area contributed by atoms with Gasteiger partial charge in [-0.1, -0.05) is 72.3 Å². The highest BCUT2D eigenvalue weighted by Crippen LogP contribution is 2.41. The topological polar surface area (TPSA) is 89.0 Å². The number of amides is 1. The number of aliphatic hydroxyl groups excluding tert-OH is 1. The first-order valence-corrected chi connectivity index (χ1v) is 14.7. The number of aryl methyl sites for hydroxylation is 1. The number of aromatic nitrogens is 1. The summed E-state index contributed by atoms with van der Waals surface area (Å²) in [5.74, 6) is -0.398. The molecule has 1 unspecified atom stereocenters. The monoisotopic (exact) mass is 596 g/mol. The van der Waals surface area contributed by atoms with E-state index in [1.807, 2.05) is 79.7 Å². The average Bonchev–Trinajstić information content (AvgIpc) is 3.32. The van der Waals surface area contributed by atoms with E-state index in [0.29, 0.717) is 35.8 Å². The van der Waals surface area contributed by atoms with Crippen LogP contribution in [0.15, 0.2) is 133 Å². The standard InChI is InChI=1S/C38H32N2O5/c1-26-6-5-9-29(22-26)25-45-33-16-12-31(13-17-33)36(41)34-35(40(38(43)37(34)42)23-27-18-20-39-21-19-27)30-10-14-32(15-11-30)44-24-28-7-3-2-4-8-28/h2-22,35,41H,23-25H2,1H3. The summed E-state index contributed by atoms with van der Waals surface area (Å²) in [5, 5.41) is 11.5. The molecule has 0 saturated carbocycles. The minimum absolute atomic E-state index is 0.0282. The second kappa shape index (κ2) is 13.3. The Hall–Kier alpha value is -5.69. The number of ketones is 1. The van der Waals surface area contributed by atoms with E-state index in [1.165, 1.54) is 4.90 Å². The van der Waals surface area contributed by atoms with Crippen LogP contribution >= 0.6 is 0 Å². The van der Waals surface area contributed by atoms with Crippen LogP contribution in [0.4, 0.5) is 0 Å². The van der Waals surface area contributed by atoms with Crippen molar-refractivity contribution in [2.45, 2.75) is 32.7 Å². The zero-order chi connectivity index (χ0) is 31.2. The van der Waals surface area contributed by atoms with E-state index < -0.39 is 17.7 Å². The van der Waals surface area contributed by atoms with Crippen LogP contribution in [-0.4, -0.2) is 26.7 Å². The van der Waals surface area contributed by atoms with Gasteiger partial charge in [-0.3, -0.25) is 14.6 Å². The van der Waals surface area contributed by atoms with Crippen LogP contribution in [-0.2, 0) is 29.3 Å². The van der Waals surface area contributed by atoms with E-state index in [-0.39, 0.29) is 17.9 Å². The van der Waals surface area contributed by atoms with Gasteiger partial charge in [0.15, 0.2) is 0 Å². The van der Waals surface area contributed by atoms with Gasteiger partial charge in [0.1, 0.15) is 30.5 Å². The van der Waals surface area contributed by atoms with Crippen LogP contribution in [0.25, 0.3) is 5.76 Å². The highest BCUT2D eigenvalue weighted by atomic mass is 16.5. The van der Waals surface area contributed by atoms with E-state index in [1.54, 1.807) is 48.8 Å². The number of hydrogen-bond acceptors (Lipinski definition) is 6. The summed E-state index contributed by atoms with van der Waals surface area (Å²) >= 11 is 0. The summed E-state index contributed by atoms with van der Waals surface area (Å²) in [4.78, 5) is 32.5. The van der Waals surface area contributed by atoms with E-state index in [0.717, 1.165) is 22.3 Å². The van der Waals surface area contributed by atoms with Crippen molar-refractivity contribution in [3.8, 4) is 11.5 Å². The largest absolute Gasteiger partial charge is 0.507 e. The van der Waals surface area contributed by atoms with Crippen LogP contribution in [0.5, 0.6) is 11.5 Å². The molecule has 7 nitrogen and oxygen atoms in total. The molecule has 0 spiro atoms. The molecule has 1 N–H and O–H groups in total. The SMILES string of the molecule is Cc1cccc(COc2ccc(C(O)=C3C(=O)C(=O)N(Cc4ccncc4)C3c3ccc(OCc4ccccc4)cc3)cc2)c1. The zero-order valence-corrected chi connectivity index (χ0v) is 24.8. The molecular formula is C38H32N2O5. The molecule has 45 heavy (non-hydrogen) atoms. The fourth-order valence-corrected chi connectivity index (χ4v) is 5.39. The van der Waals surface area contributed by atoms with Crippen LogP contribution in [0.2, 0.25) is 0 Å². The van der Waals surface area contributed by atoms with Crippen LogP contribution in [0.3, 0.4) is 0 Å². The molecule has 6 rings (SSSR count). The predicted molar refractivity (Wildman–Crippen MR) is 171 cm³/mol. The summed E-state index contributed by atoms with van der Waals surface area (Å²) in [6.07, 6.45) is 3.28. The predicted octanol–water partition coefficient (Wildman–Crippen LogP) is 7.17. The second-order valence-corrected chi connectivity index (χ2v) is 10.9. The summed E-state index contributed by atoms with van der Waals surface area (Å²) in [6.45, 7) is 3.01. The van der Waals surface area contributed by atoms with Gasteiger partial charge < -0.3 is 19.5 Å². The van der Waals surface area contributed by atoms with Crippen molar-refractivity contribution in [1.82, 2.24) is 9.88 Å². The van der Waals surface area contributed by atoms with Crippen LogP contribution < -0.4 is 9.47 Å². The minimum atomic E-state index is -0.807. The number of nitrogens with zero attached hydrogens (tertiary/aromatic N) is 2. The Labute approximate surface area is 262 Å². The average molecular weight is 597 g/mol. The number of aliphatic hydroxyl groups is 1. The quantitative estimate of drug-likeness (QED) is 0.104. The molecule has 7 heteroatoms. The lowest BCUT2D eigenvalue weighted by Gasteiger charge is -2.25. The zero-order valence-electron chi connectivity index (χ0n) is 24.8. The number of carbonyl (C=O) groups is 2. The van der Waals surface area contributed by atoms with Crippen molar-refractivity contribution in [1.29, 1.82) is 0 Å². The maximum Gasteiger partial charge on any atom is 0.295 e. The minimum Gasteiger partial charge on any atom is -0.507 e. The first-order valence-electron chi connectivity index (χ1n) is 14.7. The molecule has 1 aliphatic rings. The van der Waals surface area contributed by atoms with Crippen molar-refractivity contribution >= 4 is 17.4 Å². The molecule has 0 radical (unpaired) electrons. The Kier molecular flexibility index (Phi) is 8.69. The Morgan fingerprint density at radius 1 is 0.733 bits per heavy atom. The number of carbonyl (C=O) groups excluding carboxylic acids is 2. The van der Waals surface area contributed by atoms with Crippen molar-refractivity contribution in [2.75, 3.05) is 0 Å². The summed E-state index contributed by atoms with van der Waals surface area (Å²) < 4.78 is 11.9. The van der Waals surface area contributed by atoms with E-state index in [4.69, 9.17) is 9.47 Å². The molecule has 1 amide bonds. The van der Waals surface area contributed by atoms with Gasteiger partial charge in [-0.2, -0.15) is 0 Å². The van der Waals surface area contributed by atoms with Gasteiger partial charge >= 0.3 is 0 Å². The molecule has 1 aromatic heterocycles. The van der Waals surface area contributed by atoms with Gasteiger partial charge in [0, 0.05) is 24.5 Å². The molecule has 1 saturated heterocycles. The molecular weight excluding hydrogens is 564 g/mol. The molecule has 1 atom stereocenters. The highest BCUT2D eigenvalue weighted by Gasteiger charge is 2.46. The third kappa shape index (κ3) is 6.78. The normalized spacial score (nSPS) is 15.7. The van der Waals surface area contributed by atoms with Crippen molar-refractivity contribution < 1.29 is 24.2 Å². The molecule has 224 valence electrons. The first-order chi connectivity index (χ1) is 22.0. The maximum absolute atomic E-state index is 13.5. The molecule has 1 fully saturated rings. The molecule has 5 aromatic rings. The fraction of sp³-hybridized carbons (Fsp3) is 0.132. The lowest BCUT2D eigenvalue weighted by Crippen LogP contribution is -2.29. The lowest BCUT2D eigenvalue weighted by atomic mass is 9.95. The number of ether oxygens (including phenoxy) is 2. The lowest BCUT2D eigenvalue weighted by molar-refractivity contribution is -0.140. The summed E-state index contributed by atoms with van der Waals surface area (Å²) in [7, 11) is 0. The van der Waals surface area contributed by atoms with Gasteiger partial charge in [-0.15, -0.1) is 0 Å². The third-order valence-electron chi connectivity index (χ3n) is 7.70. The third-order valence-corrected chi connectivity index (χ3v) is 7.70. The van der Waals surface area contributed by atoms with Gasteiger partial charge in [-0.25, -0.2) is 0 Å². The van der Waals surface area contributed by atoms with Crippen LogP contribution in [0, 0.1) is 6.92 Å². The van der Waals surface area contributed by atoms with Gasteiger partial charge in [-0.05, 0) is 77.7 Å². The number of likely N-dealkylation sites (tertiary alicyclic amines) is 1. The molecule has 2 heterocycles. The van der Waals surface area contributed by atoms with Crippen molar-refractivity contribution in [2.24, 2.45) is 0 Å². The Morgan fingerprint density at radius 2 is 1.36 bits per heavy atom. The fourth-order valence-electron chi connectivity index (χ4n) is 5.39. The number of benzene rings is 4. The van der Waals surface area contributed by atoms with E-state index in [2.05, 4.69) is 11.1 Å². The number of pyridine rings is 1. The molecule has 0 bridgehead atoms. The van der Waals surface area contributed by atoms with E-state index in [9.17, 15) is 14.7 Å². The van der Waals surface area contributed by atoms with Crippen LogP contribution in [0.1, 0.15) is 39.4 Å². The number of hydrogen-bond donors (Lipinski definition) is 1. The Bertz CT molecular complexity index is 1820. The number of Topliss-reactive ketones (excluding diaryl/α,β-unsaturated/α-hetero) is 1.